The fourth-order valence-electron chi connectivity index (χ4n) is 2.68. The van der Waals surface area contributed by atoms with Crippen molar-refractivity contribution in [3.63, 3.8) is 0 Å². The Morgan fingerprint density at radius 2 is 2.23 bits per heavy atom. The third-order valence-corrected chi connectivity index (χ3v) is 4.72. The van der Waals surface area contributed by atoms with Crippen LogP contribution in [0, 0.1) is 10.1 Å². The normalized spacial score (nSPS) is 12.4. The third-order valence-electron chi connectivity index (χ3n) is 3.58. The average molecular weight is 314 g/mol. The number of aromatic nitrogens is 3. The summed E-state index contributed by atoms with van der Waals surface area (Å²) >= 11 is 1.29. The molecule has 1 N–H and O–H groups in total. The summed E-state index contributed by atoms with van der Waals surface area (Å²) in [6.45, 7) is 0.295. The third kappa shape index (κ3) is 1.74. The van der Waals surface area contributed by atoms with Gasteiger partial charge in [0.1, 0.15) is 15.6 Å². The van der Waals surface area contributed by atoms with Crippen molar-refractivity contribution < 1.29 is 10.0 Å². The predicted molar refractivity (Wildman–Crippen MR) is 80.8 cm³/mol. The van der Waals surface area contributed by atoms with Crippen LogP contribution in [0.1, 0.15) is 0 Å². The maximum atomic E-state index is 11.3. The molecule has 0 amide bonds. The lowest BCUT2D eigenvalue weighted by atomic mass is 10.1. The largest absolute Gasteiger partial charge is 0.394 e. The Bertz CT molecular complexity index is 922. The number of fused-ring (bicyclic) bond motifs is 2. The molecule has 0 aliphatic carbocycles. The average Bonchev–Trinajstić information content (AvgIpc) is 2.88. The van der Waals surface area contributed by atoms with Gasteiger partial charge in [-0.2, -0.15) is 5.10 Å². The van der Waals surface area contributed by atoms with Gasteiger partial charge in [-0.3, -0.25) is 14.8 Å². The van der Waals surface area contributed by atoms with Gasteiger partial charge in [-0.25, -0.2) is 4.98 Å². The van der Waals surface area contributed by atoms with E-state index in [0.717, 1.165) is 16.5 Å². The fraction of sp³-hybridized carbons (Fsp3) is 0.143. The minimum Gasteiger partial charge on any atom is -0.394 e. The van der Waals surface area contributed by atoms with Gasteiger partial charge in [-0.1, -0.05) is 11.8 Å². The maximum absolute atomic E-state index is 11.3. The lowest BCUT2D eigenvalue weighted by Crippen LogP contribution is -2.03. The van der Waals surface area contributed by atoms with E-state index < -0.39 is 0 Å². The summed E-state index contributed by atoms with van der Waals surface area (Å²) in [7, 11) is 0. The first-order chi connectivity index (χ1) is 10.7. The van der Waals surface area contributed by atoms with E-state index >= 15 is 0 Å². The van der Waals surface area contributed by atoms with Crippen LogP contribution < -0.4 is 0 Å². The van der Waals surface area contributed by atoms with Crippen molar-refractivity contribution in [2.24, 2.45) is 0 Å². The summed E-state index contributed by atoms with van der Waals surface area (Å²) in [5.74, 6) is 0. The van der Waals surface area contributed by atoms with Crippen LogP contribution in [-0.2, 0) is 6.54 Å². The Hall–Kier alpha value is -2.45. The molecule has 0 atom stereocenters. The summed E-state index contributed by atoms with van der Waals surface area (Å²) in [5.41, 5.74) is 2.39. The summed E-state index contributed by atoms with van der Waals surface area (Å²) in [5, 5.41) is 26.5. The van der Waals surface area contributed by atoms with Gasteiger partial charge in [0, 0.05) is 23.2 Å². The Balaban J connectivity index is 2.12. The van der Waals surface area contributed by atoms with Crippen LogP contribution in [0.3, 0.4) is 0 Å². The van der Waals surface area contributed by atoms with E-state index in [1.54, 1.807) is 16.9 Å². The van der Waals surface area contributed by atoms with Crippen LogP contribution in [0.5, 0.6) is 0 Å². The van der Waals surface area contributed by atoms with E-state index in [1.807, 2.05) is 12.1 Å². The number of nitro benzene ring substituents is 1. The van der Waals surface area contributed by atoms with Gasteiger partial charge >= 0.3 is 0 Å². The number of pyridine rings is 1. The number of hydrogen-bond acceptors (Lipinski definition) is 6. The van der Waals surface area contributed by atoms with Gasteiger partial charge in [-0.05, 0) is 18.2 Å². The fourth-order valence-corrected chi connectivity index (χ4v) is 3.81. The highest BCUT2D eigenvalue weighted by molar-refractivity contribution is 7.99. The molecular weight excluding hydrogens is 304 g/mol. The SMILES string of the molecule is O=[N+]([O-])c1ccc2c3c(nn2CCO)-c2cccnc2Sc13. The zero-order chi connectivity index (χ0) is 15.3. The molecule has 22 heavy (non-hydrogen) atoms. The first-order valence-electron chi connectivity index (χ1n) is 6.62. The molecular formula is C14H10N4O3S. The van der Waals surface area contributed by atoms with Crippen LogP contribution >= 0.6 is 11.8 Å². The quantitative estimate of drug-likeness (QED) is 0.461. The van der Waals surface area contributed by atoms with E-state index in [9.17, 15) is 15.2 Å². The van der Waals surface area contributed by atoms with E-state index in [0.29, 0.717) is 22.2 Å². The van der Waals surface area contributed by atoms with Crippen molar-refractivity contribution in [1.29, 1.82) is 0 Å². The van der Waals surface area contributed by atoms with Gasteiger partial charge in [-0.15, -0.1) is 0 Å². The molecule has 0 saturated heterocycles. The lowest BCUT2D eigenvalue weighted by Gasteiger charge is -2.13. The number of rotatable bonds is 3. The van der Waals surface area contributed by atoms with Gasteiger partial charge in [0.15, 0.2) is 0 Å². The van der Waals surface area contributed by atoms with Crippen LogP contribution in [0.15, 0.2) is 40.4 Å². The van der Waals surface area contributed by atoms with Crippen molar-refractivity contribution in [2.75, 3.05) is 6.61 Å². The van der Waals surface area contributed by atoms with Gasteiger partial charge in [0.05, 0.1) is 23.6 Å². The predicted octanol–water partition coefficient (Wildman–Crippen LogP) is 2.46. The number of nitrogens with zero attached hydrogens (tertiary/aromatic N) is 4. The molecule has 3 heterocycles. The Kier molecular flexibility index (Phi) is 2.88. The van der Waals surface area contributed by atoms with Crippen molar-refractivity contribution in [3.05, 3.63) is 40.6 Å². The monoisotopic (exact) mass is 314 g/mol. The number of aliphatic hydroxyl groups is 1. The highest BCUT2D eigenvalue weighted by Crippen LogP contribution is 2.49. The molecule has 4 rings (SSSR count). The van der Waals surface area contributed by atoms with Crippen molar-refractivity contribution >= 4 is 28.4 Å². The molecule has 0 fully saturated rings. The van der Waals surface area contributed by atoms with Crippen LogP contribution in [0.4, 0.5) is 5.69 Å². The van der Waals surface area contributed by atoms with E-state index in [1.165, 1.54) is 17.8 Å². The minimum absolute atomic E-state index is 0.0461. The second kappa shape index (κ2) is 4.79. The molecule has 0 saturated carbocycles. The molecule has 0 spiro atoms. The maximum Gasteiger partial charge on any atom is 0.284 e. The Labute approximate surface area is 128 Å². The zero-order valence-corrected chi connectivity index (χ0v) is 12.1. The van der Waals surface area contributed by atoms with Crippen LogP contribution in [-0.4, -0.2) is 31.4 Å². The molecule has 0 bridgehead atoms. The first kappa shape index (κ1) is 13.2. The summed E-state index contributed by atoms with van der Waals surface area (Å²) in [6, 6.07) is 6.89. The molecule has 2 aromatic heterocycles. The number of benzene rings is 1. The Morgan fingerprint density at radius 3 is 3.00 bits per heavy atom. The lowest BCUT2D eigenvalue weighted by molar-refractivity contribution is -0.387. The van der Waals surface area contributed by atoms with Gasteiger partial charge in [0.2, 0.25) is 0 Å². The number of aliphatic hydroxyl groups excluding tert-OH is 1. The molecule has 1 aliphatic heterocycles. The van der Waals surface area contributed by atoms with Crippen molar-refractivity contribution in [3.8, 4) is 11.3 Å². The van der Waals surface area contributed by atoms with Crippen molar-refractivity contribution in [2.45, 2.75) is 16.5 Å². The van der Waals surface area contributed by atoms with Gasteiger partial charge in [0.25, 0.3) is 5.69 Å². The molecule has 110 valence electrons. The molecule has 1 aromatic carbocycles. The van der Waals surface area contributed by atoms with Crippen LogP contribution in [0.2, 0.25) is 0 Å². The number of hydrogen-bond donors (Lipinski definition) is 1. The standard InChI is InChI=1S/C14H10N4O3S/c19-7-6-17-9-3-4-10(18(20)21)13-11(9)12(16-17)8-2-1-5-15-14(8)22-13/h1-5,19H,6-7H2. The summed E-state index contributed by atoms with van der Waals surface area (Å²) < 4.78 is 1.68. The summed E-state index contributed by atoms with van der Waals surface area (Å²) in [6.07, 6.45) is 1.66. The highest BCUT2D eigenvalue weighted by Gasteiger charge is 2.30. The van der Waals surface area contributed by atoms with Crippen LogP contribution in [0.25, 0.3) is 22.2 Å². The molecule has 3 aromatic rings. The molecule has 8 heteroatoms. The summed E-state index contributed by atoms with van der Waals surface area (Å²) in [4.78, 5) is 15.8. The van der Waals surface area contributed by atoms with Crippen molar-refractivity contribution in [1.82, 2.24) is 14.8 Å². The number of nitro groups is 1. The molecule has 0 unspecified atom stereocenters. The Morgan fingerprint density at radius 1 is 1.36 bits per heavy atom. The van der Waals surface area contributed by atoms with Gasteiger partial charge < -0.3 is 5.11 Å². The highest BCUT2D eigenvalue weighted by atomic mass is 32.2. The molecule has 1 aliphatic rings. The van der Waals surface area contributed by atoms with E-state index in [-0.39, 0.29) is 17.2 Å². The minimum atomic E-state index is -0.386. The second-order valence-corrected chi connectivity index (χ2v) is 5.82. The van der Waals surface area contributed by atoms with E-state index in [4.69, 9.17) is 0 Å². The smallest absolute Gasteiger partial charge is 0.284 e. The van der Waals surface area contributed by atoms with E-state index in [2.05, 4.69) is 10.1 Å². The zero-order valence-electron chi connectivity index (χ0n) is 11.3. The topological polar surface area (TPSA) is 94.1 Å². The molecule has 0 radical (unpaired) electrons. The first-order valence-corrected chi connectivity index (χ1v) is 7.44. The second-order valence-electron chi connectivity index (χ2n) is 4.82. The molecule has 7 nitrogen and oxygen atoms in total.